The summed E-state index contributed by atoms with van der Waals surface area (Å²) in [6.07, 6.45) is 6.63. The molecule has 0 spiro atoms. The second-order valence-corrected chi connectivity index (χ2v) is 6.80. The molecular formula is C20H27NO4. The number of amides is 1. The van der Waals surface area contributed by atoms with Crippen LogP contribution in [0.2, 0.25) is 0 Å². The molecule has 1 atom stereocenters. The van der Waals surface area contributed by atoms with Gasteiger partial charge in [-0.2, -0.15) is 0 Å². The van der Waals surface area contributed by atoms with Gasteiger partial charge in [-0.1, -0.05) is 32.1 Å². The second-order valence-electron chi connectivity index (χ2n) is 6.80. The summed E-state index contributed by atoms with van der Waals surface area (Å²) in [5.74, 6) is -0.0883. The summed E-state index contributed by atoms with van der Waals surface area (Å²) in [6, 6.07) is 6.57. The Hall–Kier alpha value is -2.17. The summed E-state index contributed by atoms with van der Waals surface area (Å²) >= 11 is 0. The third-order valence-corrected chi connectivity index (χ3v) is 4.65. The fraction of sp³-hybridized carbons (Fsp3) is 0.550. The molecule has 5 nitrogen and oxygen atoms in total. The van der Waals surface area contributed by atoms with Crippen molar-refractivity contribution in [3.63, 3.8) is 0 Å². The van der Waals surface area contributed by atoms with Gasteiger partial charge in [0.2, 0.25) is 11.7 Å². The molecular weight excluding hydrogens is 318 g/mol. The van der Waals surface area contributed by atoms with Crippen molar-refractivity contribution >= 4 is 23.3 Å². The summed E-state index contributed by atoms with van der Waals surface area (Å²) < 4.78 is 5.29. The molecule has 0 heterocycles. The topological polar surface area (TPSA) is 72.5 Å². The Morgan fingerprint density at radius 3 is 2.36 bits per heavy atom. The number of Topliss-reactive ketones (excluding diaryl/α,β-unsaturated/α-hetero) is 1. The Labute approximate surface area is 149 Å². The van der Waals surface area contributed by atoms with Crippen molar-refractivity contribution in [2.45, 2.75) is 64.9 Å². The van der Waals surface area contributed by atoms with E-state index in [0.29, 0.717) is 23.6 Å². The molecule has 0 aliphatic heterocycles. The standard InChI is InChI=1S/C20H27NO4/c1-14(25-19(23)13-8-16-6-4-3-5-7-16)20(24)17-9-11-18(12-10-17)21-15(2)22/h9-12,14,16H,3-8,13H2,1-2H3,(H,21,22). The summed E-state index contributed by atoms with van der Waals surface area (Å²) in [4.78, 5) is 35.3. The van der Waals surface area contributed by atoms with Crippen LogP contribution in [0.4, 0.5) is 5.69 Å². The minimum atomic E-state index is -0.800. The molecule has 0 bridgehead atoms. The Kier molecular flexibility index (Phi) is 7.16. The van der Waals surface area contributed by atoms with E-state index in [4.69, 9.17) is 4.74 Å². The first-order valence-electron chi connectivity index (χ1n) is 9.07. The SMILES string of the molecule is CC(=O)Nc1ccc(C(=O)C(C)OC(=O)CCC2CCCCC2)cc1. The predicted molar refractivity (Wildman–Crippen MR) is 96.4 cm³/mol. The van der Waals surface area contributed by atoms with Gasteiger partial charge in [0.25, 0.3) is 0 Å². The number of ketones is 1. The van der Waals surface area contributed by atoms with Gasteiger partial charge in [0, 0.05) is 24.6 Å². The molecule has 0 radical (unpaired) electrons. The van der Waals surface area contributed by atoms with Gasteiger partial charge < -0.3 is 10.1 Å². The van der Waals surface area contributed by atoms with Crippen LogP contribution in [-0.4, -0.2) is 23.8 Å². The number of rotatable bonds is 7. The van der Waals surface area contributed by atoms with Crippen LogP contribution in [0, 0.1) is 5.92 Å². The molecule has 136 valence electrons. The molecule has 0 aromatic heterocycles. The lowest BCUT2D eigenvalue weighted by atomic mass is 9.86. The first-order valence-corrected chi connectivity index (χ1v) is 9.07. The lowest BCUT2D eigenvalue weighted by Crippen LogP contribution is -2.24. The van der Waals surface area contributed by atoms with E-state index in [1.165, 1.54) is 39.0 Å². The van der Waals surface area contributed by atoms with Crippen LogP contribution >= 0.6 is 0 Å². The van der Waals surface area contributed by atoms with Gasteiger partial charge in [0.1, 0.15) is 0 Å². The van der Waals surface area contributed by atoms with Crippen LogP contribution in [0.5, 0.6) is 0 Å². The van der Waals surface area contributed by atoms with Gasteiger partial charge in [-0.05, 0) is 43.5 Å². The highest BCUT2D eigenvalue weighted by Gasteiger charge is 2.21. The Balaban J connectivity index is 1.80. The van der Waals surface area contributed by atoms with E-state index >= 15 is 0 Å². The molecule has 1 aromatic rings. The number of hydrogen-bond donors (Lipinski definition) is 1. The van der Waals surface area contributed by atoms with Crippen LogP contribution < -0.4 is 5.32 Å². The summed E-state index contributed by atoms with van der Waals surface area (Å²) in [6.45, 7) is 3.02. The molecule has 1 aliphatic rings. The van der Waals surface area contributed by atoms with Gasteiger partial charge in [0.15, 0.2) is 6.10 Å². The lowest BCUT2D eigenvalue weighted by molar-refractivity contribution is -0.146. The largest absolute Gasteiger partial charge is 0.454 e. The summed E-state index contributed by atoms with van der Waals surface area (Å²) in [5, 5.41) is 2.64. The molecule has 1 N–H and O–H groups in total. The van der Waals surface area contributed by atoms with Crippen LogP contribution in [0.3, 0.4) is 0 Å². The maximum Gasteiger partial charge on any atom is 0.306 e. The number of hydrogen-bond acceptors (Lipinski definition) is 4. The number of carbonyl (C=O) groups excluding carboxylic acids is 3. The summed E-state index contributed by atoms with van der Waals surface area (Å²) in [5.41, 5.74) is 1.09. The van der Waals surface area contributed by atoms with Crippen molar-refractivity contribution < 1.29 is 19.1 Å². The zero-order chi connectivity index (χ0) is 18.2. The first-order chi connectivity index (χ1) is 12.0. The average Bonchev–Trinajstić information content (AvgIpc) is 2.60. The molecule has 1 amide bonds. The van der Waals surface area contributed by atoms with Crippen molar-refractivity contribution in [1.82, 2.24) is 0 Å². The molecule has 1 aliphatic carbocycles. The number of nitrogens with one attached hydrogen (secondary N) is 1. The fourth-order valence-corrected chi connectivity index (χ4v) is 3.26. The number of benzene rings is 1. The molecule has 5 heteroatoms. The highest BCUT2D eigenvalue weighted by molar-refractivity contribution is 6.00. The Morgan fingerprint density at radius 1 is 1.12 bits per heavy atom. The normalized spacial score (nSPS) is 16.1. The number of anilines is 1. The zero-order valence-electron chi connectivity index (χ0n) is 15.0. The van der Waals surface area contributed by atoms with Crippen LogP contribution in [0.15, 0.2) is 24.3 Å². The lowest BCUT2D eigenvalue weighted by Gasteiger charge is -2.21. The van der Waals surface area contributed by atoms with E-state index in [-0.39, 0.29) is 17.7 Å². The second kappa shape index (κ2) is 9.35. The van der Waals surface area contributed by atoms with E-state index < -0.39 is 6.10 Å². The summed E-state index contributed by atoms with van der Waals surface area (Å²) in [7, 11) is 0. The highest BCUT2D eigenvalue weighted by atomic mass is 16.5. The van der Waals surface area contributed by atoms with Crippen LogP contribution in [-0.2, 0) is 14.3 Å². The highest BCUT2D eigenvalue weighted by Crippen LogP contribution is 2.27. The van der Waals surface area contributed by atoms with Crippen molar-refractivity contribution in [1.29, 1.82) is 0 Å². The quantitative estimate of drug-likeness (QED) is 0.596. The first kappa shape index (κ1) is 19.2. The monoisotopic (exact) mass is 345 g/mol. The van der Waals surface area contributed by atoms with Gasteiger partial charge in [0.05, 0.1) is 0 Å². The van der Waals surface area contributed by atoms with Gasteiger partial charge in [-0.15, -0.1) is 0 Å². The van der Waals surface area contributed by atoms with E-state index in [2.05, 4.69) is 5.32 Å². The average molecular weight is 345 g/mol. The van der Waals surface area contributed by atoms with E-state index in [0.717, 1.165) is 6.42 Å². The molecule has 2 rings (SSSR count). The van der Waals surface area contributed by atoms with Crippen molar-refractivity contribution in [2.75, 3.05) is 5.32 Å². The van der Waals surface area contributed by atoms with Crippen molar-refractivity contribution in [3.8, 4) is 0 Å². The third kappa shape index (κ3) is 6.33. The molecule has 25 heavy (non-hydrogen) atoms. The van der Waals surface area contributed by atoms with Crippen LogP contribution in [0.1, 0.15) is 69.2 Å². The number of carbonyl (C=O) groups is 3. The van der Waals surface area contributed by atoms with Crippen LogP contribution in [0.25, 0.3) is 0 Å². The Morgan fingerprint density at radius 2 is 1.76 bits per heavy atom. The van der Waals surface area contributed by atoms with Gasteiger partial charge in [-0.3, -0.25) is 14.4 Å². The third-order valence-electron chi connectivity index (χ3n) is 4.65. The maximum absolute atomic E-state index is 12.4. The molecule has 1 saturated carbocycles. The molecule has 0 saturated heterocycles. The number of ether oxygens (including phenoxy) is 1. The zero-order valence-corrected chi connectivity index (χ0v) is 15.0. The fourth-order valence-electron chi connectivity index (χ4n) is 3.26. The van der Waals surface area contributed by atoms with E-state index in [9.17, 15) is 14.4 Å². The molecule has 1 unspecified atom stereocenters. The smallest absolute Gasteiger partial charge is 0.306 e. The minimum absolute atomic E-state index is 0.167. The van der Waals surface area contributed by atoms with Crippen molar-refractivity contribution in [3.05, 3.63) is 29.8 Å². The van der Waals surface area contributed by atoms with Gasteiger partial charge in [-0.25, -0.2) is 0 Å². The predicted octanol–water partition coefficient (Wildman–Crippen LogP) is 4.12. The van der Waals surface area contributed by atoms with E-state index in [1.54, 1.807) is 31.2 Å². The van der Waals surface area contributed by atoms with Gasteiger partial charge >= 0.3 is 5.97 Å². The van der Waals surface area contributed by atoms with Crippen molar-refractivity contribution in [2.24, 2.45) is 5.92 Å². The maximum atomic E-state index is 12.4. The number of esters is 1. The van der Waals surface area contributed by atoms with E-state index in [1.807, 2.05) is 0 Å². The molecule has 1 aromatic carbocycles. The Bertz CT molecular complexity index is 603. The molecule has 1 fully saturated rings. The minimum Gasteiger partial charge on any atom is -0.454 e.